The summed E-state index contributed by atoms with van der Waals surface area (Å²) in [6, 6.07) is 14.2. The minimum Gasteiger partial charge on any atom is -0.370 e. The van der Waals surface area contributed by atoms with Crippen LogP contribution in [0.2, 0.25) is 0 Å². The maximum absolute atomic E-state index is 5.73. The maximum atomic E-state index is 5.73. The molecule has 4 heteroatoms. The summed E-state index contributed by atoms with van der Waals surface area (Å²) in [4.78, 5) is 4.59. The first-order chi connectivity index (χ1) is 10.3. The van der Waals surface area contributed by atoms with Crippen molar-refractivity contribution in [3.05, 3.63) is 63.9 Å². The first kappa shape index (κ1) is 16.1. The summed E-state index contributed by atoms with van der Waals surface area (Å²) in [5, 5.41) is 3.36. The quantitative estimate of drug-likeness (QED) is 0.730. The minimum absolute atomic E-state index is 0.539. The maximum Gasteiger partial charge on any atom is 0.0892 e. The van der Waals surface area contributed by atoms with Gasteiger partial charge in [0.05, 0.1) is 24.6 Å². The molecule has 0 bridgehead atoms. The van der Waals surface area contributed by atoms with Gasteiger partial charge in [-0.15, -0.1) is 0 Å². The van der Waals surface area contributed by atoms with E-state index in [1.54, 1.807) is 0 Å². The molecule has 0 radical (unpaired) electrons. The lowest BCUT2D eigenvalue weighted by Gasteiger charge is -2.07. The van der Waals surface area contributed by atoms with Crippen LogP contribution in [-0.2, 0) is 24.5 Å². The fourth-order valence-electron chi connectivity index (χ4n) is 1.96. The number of ether oxygens (including phenoxy) is 1. The van der Waals surface area contributed by atoms with Crippen LogP contribution in [-0.4, -0.2) is 11.5 Å². The van der Waals surface area contributed by atoms with Crippen LogP contribution in [0.25, 0.3) is 0 Å². The predicted octanol–water partition coefficient (Wildman–Crippen LogP) is 4.06. The molecule has 0 amide bonds. The van der Waals surface area contributed by atoms with Crippen molar-refractivity contribution < 1.29 is 4.74 Å². The van der Waals surface area contributed by atoms with E-state index in [9.17, 15) is 0 Å². The third kappa shape index (κ3) is 5.96. The van der Waals surface area contributed by atoms with Gasteiger partial charge in [0.25, 0.3) is 0 Å². The summed E-state index contributed by atoms with van der Waals surface area (Å²) in [7, 11) is 0. The zero-order valence-corrected chi connectivity index (χ0v) is 13.9. The van der Waals surface area contributed by atoms with Crippen molar-refractivity contribution in [3.63, 3.8) is 0 Å². The van der Waals surface area contributed by atoms with Gasteiger partial charge in [-0.05, 0) is 42.8 Å². The first-order valence-electron chi connectivity index (χ1n) is 7.25. The smallest absolute Gasteiger partial charge is 0.0892 e. The van der Waals surface area contributed by atoms with Crippen molar-refractivity contribution >= 4 is 15.9 Å². The molecule has 3 nitrogen and oxygen atoms in total. The summed E-state index contributed by atoms with van der Waals surface area (Å²) in [5.74, 6) is 0. The molecular formula is C17H21BrN2O. The van der Waals surface area contributed by atoms with Crippen molar-refractivity contribution in [1.82, 2.24) is 10.3 Å². The van der Waals surface area contributed by atoms with Gasteiger partial charge in [0.15, 0.2) is 0 Å². The van der Waals surface area contributed by atoms with Crippen molar-refractivity contribution in [2.75, 3.05) is 6.54 Å². The molecule has 1 aromatic carbocycles. The van der Waals surface area contributed by atoms with Gasteiger partial charge in [-0.3, -0.25) is 4.98 Å². The van der Waals surface area contributed by atoms with Gasteiger partial charge >= 0.3 is 0 Å². The van der Waals surface area contributed by atoms with E-state index >= 15 is 0 Å². The van der Waals surface area contributed by atoms with Crippen LogP contribution in [0.15, 0.2) is 46.9 Å². The number of rotatable bonds is 8. The topological polar surface area (TPSA) is 34.1 Å². The van der Waals surface area contributed by atoms with Gasteiger partial charge in [-0.2, -0.15) is 0 Å². The minimum atomic E-state index is 0.539. The molecular weight excluding hydrogens is 328 g/mol. The van der Waals surface area contributed by atoms with E-state index in [4.69, 9.17) is 4.74 Å². The van der Waals surface area contributed by atoms with E-state index in [1.165, 1.54) is 5.56 Å². The lowest BCUT2D eigenvalue weighted by atomic mass is 10.2. The summed E-state index contributed by atoms with van der Waals surface area (Å²) >= 11 is 3.43. The Balaban J connectivity index is 1.79. The Bertz CT molecular complexity index is 543. The molecule has 0 saturated carbocycles. The SMILES string of the molecule is CCCNCc1cccc(COCc2ccc(Br)cc2)n1. The highest BCUT2D eigenvalue weighted by atomic mass is 79.9. The van der Waals surface area contributed by atoms with Gasteiger partial charge in [-0.1, -0.05) is 41.1 Å². The van der Waals surface area contributed by atoms with Crippen LogP contribution in [0.1, 0.15) is 30.3 Å². The second-order valence-electron chi connectivity index (χ2n) is 4.92. The molecule has 0 aliphatic carbocycles. The molecule has 1 N–H and O–H groups in total. The number of benzene rings is 1. The van der Waals surface area contributed by atoms with Gasteiger partial charge in [-0.25, -0.2) is 0 Å². The van der Waals surface area contributed by atoms with Crippen molar-refractivity contribution in [3.8, 4) is 0 Å². The Labute approximate surface area is 134 Å². The molecule has 1 aromatic heterocycles. The van der Waals surface area contributed by atoms with Crippen LogP contribution in [0.4, 0.5) is 0 Å². The first-order valence-corrected chi connectivity index (χ1v) is 8.05. The third-order valence-corrected chi connectivity index (χ3v) is 3.56. The molecule has 0 aliphatic rings. The van der Waals surface area contributed by atoms with E-state index in [2.05, 4.69) is 45.3 Å². The lowest BCUT2D eigenvalue weighted by Crippen LogP contribution is -2.15. The van der Waals surface area contributed by atoms with Crippen LogP contribution in [0, 0.1) is 0 Å². The number of nitrogens with zero attached hydrogens (tertiary/aromatic N) is 1. The summed E-state index contributed by atoms with van der Waals surface area (Å²) in [5.41, 5.74) is 3.20. The van der Waals surface area contributed by atoms with E-state index in [-0.39, 0.29) is 0 Å². The second-order valence-corrected chi connectivity index (χ2v) is 5.83. The van der Waals surface area contributed by atoms with Crippen LogP contribution in [0.5, 0.6) is 0 Å². The second kappa shape index (κ2) is 8.93. The van der Waals surface area contributed by atoms with E-state index in [1.807, 2.05) is 30.3 Å². The zero-order chi connectivity index (χ0) is 14.9. The Kier molecular flexibility index (Phi) is 6.86. The van der Waals surface area contributed by atoms with Crippen LogP contribution >= 0.6 is 15.9 Å². The van der Waals surface area contributed by atoms with Crippen LogP contribution < -0.4 is 5.32 Å². The molecule has 0 spiro atoms. The number of pyridine rings is 1. The van der Waals surface area contributed by atoms with E-state index in [0.717, 1.165) is 35.4 Å². The molecule has 0 saturated heterocycles. The van der Waals surface area contributed by atoms with E-state index in [0.29, 0.717) is 13.2 Å². The molecule has 112 valence electrons. The Morgan fingerprint density at radius 1 is 1.05 bits per heavy atom. The fraction of sp³-hybridized carbons (Fsp3) is 0.353. The molecule has 0 aliphatic heterocycles. The molecule has 0 atom stereocenters. The van der Waals surface area contributed by atoms with Crippen molar-refractivity contribution in [2.45, 2.75) is 33.1 Å². The highest BCUT2D eigenvalue weighted by Gasteiger charge is 1.99. The number of halogens is 1. The van der Waals surface area contributed by atoms with Gasteiger partial charge in [0.1, 0.15) is 0 Å². The van der Waals surface area contributed by atoms with Gasteiger partial charge < -0.3 is 10.1 Å². The largest absolute Gasteiger partial charge is 0.370 e. The molecule has 0 unspecified atom stereocenters. The normalized spacial score (nSPS) is 10.8. The molecule has 21 heavy (non-hydrogen) atoms. The number of aromatic nitrogens is 1. The average molecular weight is 349 g/mol. The van der Waals surface area contributed by atoms with Crippen molar-refractivity contribution in [2.24, 2.45) is 0 Å². The summed E-state index contributed by atoms with van der Waals surface area (Å²) < 4.78 is 6.81. The average Bonchev–Trinajstić information content (AvgIpc) is 2.50. The zero-order valence-electron chi connectivity index (χ0n) is 12.3. The Morgan fingerprint density at radius 2 is 1.81 bits per heavy atom. The lowest BCUT2D eigenvalue weighted by molar-refractivity contribution is 0.104. The van der Waals surface area contributed by atoms with Crippen molar-refractivity contribution in [1.29, 1.82) is 0 Å². The molecule has 2 rings (SSSR count). The Morgan fingerprint density at radius 3 is 2.57 bits per heavy atom. The van der Waals surface area contributed by atoms with Gasteiger partial charge in [0.2, 0.25) is 0 Å². The fourth-order valence-corrected chi connectivity index (χ4v) is 2.22. The predicted molar refractivity (Wildman–Crippen MR) is 88.9 cm³/mol. The third-order valence-electron chi connectivity index (χ3n) is 3.03. The highest BCUT2D eigenvalue weighted by molar-refractivity contribution is 9.10. The van der Waals surface area contributed by atoms with E-state index < -0.39 is 0 Å². The molecule has 2 aromatic rings. The standard InChI is InChI=1S/C17H21BrN2O/c1-2-10-19-11-16-4-3-5-17(20-16)13-21-12-14-6-8-15(18)9-7-14/h3-9,19H,2,10-13H2,1H3. The number of hydrogen-bond donors (Lipinski definition) is 1. The van der Waals surface area contributed by atoms with Gasteiger partial charge in [0, 0.05) is 11.0 Å². The molecule has 0 fully saturated rings. The summed E-state index contributed by atoms with van der Waals surface area (Å²) in [6.07, 6.45) is 1.13. The number of nitrogens with one attached hydrogen (secondary N) is 1. The highest BCUT2D eigenvalue weighted by Crippen LogP contribution is 2.12. The number of hydrogen-bond acceptors (Lipinski definition) is 3. The van der Waals surface area contributed by atoms with Crippen LogP contribution in [0.3, 0.4) is 0 Å². The summed E-state index contributed by atoms with van der Waals surface area (Å²) in [6.45, 7) is 5.14. The Hall–Kier alpha value is -1.23. The molecule has 1 heterocycles. The monoisotopic (exact) mass is 348 g/mol.